The zero-order chi connectivity index (χ0) is 25.3. The zero-order valence-corrected chi connectivity index (χ0v) is 20.5. The molecule has 6 nitrogen and oxygen atoms in total. The van der Waals surface area contributed by atoms with Crippen LogP contribution in [0.1, 0.15) is 60.0 Å². The van der Waals surface area contributed by atoms with Crippen molar-refractivity contribution >= 4 is 34.4 Å². The molecule has 182 valence electrons. The monoisotopic (exact) mass is 498 g/mol. The first-order valence-electron chi connectivity index (χ1n) is 11.1. The summed E-state index contributed by atoms with van der Waals surface area (Å²) in [7, 11) is 0. The molecule has 2 aromatic carbocycles. The maximum atomic E-state index is 14.6. The first kappa shape index (κ1) is 24.5. The number of ether oxygens (including phenoxy) is 2. The number of carbonyl (C=O) groups is 2. The Balaban J connectivity index is 1.58. The molecule has 1 aromatic heterocycles. The number of carbonyl (C=O) groups excluding carboxylic acids is 2. The van der Waals surface area contributed by atoms with Crippen LogP contribution in [0.3, 0.4) is 0 Å². The topological polar surface area (TPSA) is 77.5 Å². The van der Waals surface area contributed by atoms with Gasteiger partial charge in [0, 0.05) is 22.3 Å². The van der Waals surface area contributed by atoms with Gasteiger partial charge in [0.25, 0.3) is 5.91 Å². The van der Waals surface area contributed by atoms with Crippen LogP contribution in [0.2, 0.25) is 0 Å². The van der Waals surface area contributed by atoms with E-state index < -0.39 is 29.1 Å². The minimum absolute atomic E-state index is 0.0401. The van der Waals surface area contributed by atoms with Gasteiger partial charge < -0.3 is 9.47 Å². The number of anilines is 1. The number of nitrogens with one attached hydrogen (secondary N) is 1. The van der Waals surface area contributed by atoms with E-state index >= 15 is 0 Å². The quantitative estimate of drug-likeness (QED) is 0.318. The van der Waals surface area contributed by atoms with Crippen LogP contribution >= 0.6 is 11.3 Å². The van der Waals surface area contributed by atoms with Gasteiger partial charge in [0.05, 0.1) is 17.2 Å². The molecule has 1 aliphatic rings. The third-order valence-electron chi connectivity index (χ3n) is 5.49. The molecular weight excluding hydrogens is 474 g/mol. The standard InChI is InChI=1S/C26H24F2N2O4S/c1-5-33-25(32)14(4)9-18-19(27)10-15(11-20(18)28)24(31)30-26-29-22-17-8-6-7-16(13(2)3)23(17)34-12-21(22)35-26/h6-11,13H,5,12H2,1-4H3,(H,29,30,31). The summed E-state index contributed by atoms with van der Waals surface area (Å²) >= 11 is 1.25. The lowest BCUT2D eigenvalue weighted by Gasteiger charge is -2.21. The summed E-state index contributed by atoms with van der Waals surface area (Å²) < 4.78 is 40.1. The number of amides is 1. The van der Waals surface area contributed by atoms with E-state index in [1.807, 2.05) is 18.2 Å². The normalized spacial score (nSPS) is 12.6. The first-order chi connectivity index (χ1) is 16.7. The van der Waals surface area contributed by atoms with Crippen LogP contribution in [0.25, 0.3) is 17.3 Å². The summed E-state index contributed by atoms with van der Waals surface area (Å²) in [6.45, 7) is 7.66. The second kappa shape index (κ2) is 9.95. The molecule has 0 aliphatic carbocycles. The fraction of sp³-hybridized carbons (Fsp3) is 0.269. The number of thiazole rings is 1. The van der Waals surface area contributed by atoms with E-state index in [-0.39, 0.29) is 23.7 Å². The van der Waals surface area contributed by atoms with Gasteiger partial charge in [-0.1, -0.05) is 37.3 Å². The summed E-state index contributed by atoms with van der Waals surface area (Å²) in [6, 6.07) is 7.71. The van der Waals surface area contributed by atoms with Crippen molar-refractivity contribution < 1.29 is 27.8 Å². The van der Waals surface area contributed by atoms with Crippen molar-refractivity contribution in [1.29, 1.82) is 0 Å². The number of halogens is 2. The highest BCUT2D eigenvalue weighted by molar-refractivity contribution is 7.16. The van der Waals surface area contributed by atoms with Gasteiger partial charge >= 0.3 is 5.97 Å². The zero-order valence-electron chi connectivity index (χ0n) is 19.7. The van der Waals surface area contributed by atoms with Gasteiger partial charge in [-0.3, -0.25) is 10.1 Å². The van der Waals surface area contributed by atoms with Crippen molar-refractivity contribution in [2.75, 3.05) is 11.9 Å². The lowest BCUT2D eigenvalue weighted by Crippen LogP contribution is -2.13. The molecule has 9 heteroatoms. The molecular formula is C26H24F2N2O4S. The number of rotatable bonds is 6. The van der Waals surface area contributed by atoms with E-state index in [1.165, 1.54) is 18.3 Å². The number of para-hydroxylation sites is 1. The first-order valence-corrected chi connectivity index (χ1v) is 11.9. The van der Waals surface area contributed by atoms with Crippen molar-refractivity contribution in [3.63, 3.8) is 0 Å². The van der Waals surface area contributed by atoms with Crippen molar-refractivity contribution in [3.05, 3.63) is 69.1 Å². The van der Waals surface area contributed by atoms with E-state index in [0.717, 1.165) is 45.7 Å². The van der Waals surface area contributed by atoms with E-state index in [9.17, 15) is 18.4 Å². The number of aromatic nitrogens is 1. The molecule has 0 spiro atoms. The highest BCUT2D eigenvalue weighted by atomic mass is 32.1. The largest absolute Gasteiger partial charge is 0.487 e. The average Bonchev–Trinajstić information content (AvgIpc) is 3.23. The van der Waals surface area contributed by atoms with E-state index in [2.05, 4.69) is 24.1 Å². The van der Waals surface area contributed by atoms with Crippen LogP contribution in [0.5, 0.6) is 5.75 Å². The van der Waals surface area contributed by atoms with Gasteiger partial charge in [0.15, 0.2) is 5.13 Å². The van der Waals surface area contributed by atoms with Gasteiger partial charge in [0.2, 0.25) is 0 Å². The summed E-state index contributed by atoms with van der Waals surface area (Å²) in [5, 5.41) is 2.92. The molecule has 1 N–H and O–H groups in total. The fourth-order valence-corrected chi connectivity index (χ4v) is 4.64. The lowest BCUT2D eigenvalue weighted by atomic mass is 9.96. The molecule has 0 unspecified atom stereocenters. The summed E-state index contributed by atoms with van der Waals surface area (Å²) in [4.78, 5) is 29.9. The predicted molar refractivity (Wildman–Crippen MR) is 131 cm³/mol. The Morgan fingerprint density at radius 3 is 2.63 bits per heavy atom. The minimum atomic E-state index is -0.972. The van der Waals surface area contributed by atoms with E-state index in [0.29, 0.717) is 11.7 Å². The number of esters is 1. The minimum Gasteiger partial charge on any atom is -0.487 e. The number of nitrogens with zero attached hydrogens (tertiary/aromatic N) is 1. The highest BCUT2D eigenvalue weighted by Gasteiger charge is 2.26. The number of fused-ring (bicyclic) bond motifs is 3. The van der Waals surface area contributed by atoms with Crippen LogP contribution in [0.4, 0.5) is 13.9 Å². The molecule has 0 atom stereocenters. The SMILES string of the molecule is CCOC(=O)C(C)=Cc1c(F)cc(C(=O)Nc2nc3c(s2)COc2c-3cccc2C(C)C)cc1F. The Kier molecular flexibility index (Phi) is 6.98. The van der Waals surface area contributed by atoms with Gasteiger partial charge in [-0.2, -0.15) is 0 Å². The molecule has 4 rings (SSSR count). The van der Waals surface area contributed by atoms with Crippen LogP contribution < -0.4 is 10.1 Å². The molecule has 0 fully saturated rings. The summed E-state index contributed by atoms with van der Waals surface area (Å²) in [6.07, 6.45) is 1.06. The molecule has 0 saturated carbocycles. The van der Waals surface area contributed by atoms with Crippen molar-refractivity contribution in [3.8, 4) is 17.0 Å². The summed E-state index contributed by atoms with van der Waals surface area (Å²) in [5.74, 6) is -2.27. The van der Waals surface area contributed by atoms with E-state index in [1.54, 1.807) is 6.92 Å². The fourth-order valence-electron chi connectivity index (χ4n) is 3.75. The van der Waals surface area contributed by atoms with E-state index in [4.69, 9.17) is 9.47 Å². The Labute approximate surface area is 205 Å². The maximum absolute atomic E-state index is 14.6. The van der Waals surface area contributed by atoms with Crippen LogP contribution in [-0.4, -0.2) is 23.5 Å². The van der Waals surface area contributed by atoms with Crippen LogP contribution in [0.15, 0.2) is 35.9 Å². The van der Waals surface area contributed by atoms with Crippen molar-refractivity contribution in [1.82, 2.24) is 4.98 Å². The highest BCUT2D eigenvalue weighted by Crippen LogP contribution is 2.44. The molecule has 0 radical (unpaired) electrons. The molecule has 1 amide bonds. The van der Waals surface area contributed by atoms with Crippen LogP contribution in [0, 0.1) is 11.6 Å². The smallest absolute Gasteiger partial charge is 0.333 e. The number of hydrogen-bond donors (Lipinski definition) is 1. The molecule has 0 bridgehead atoms. The average molecular weight is 499 g/mol. The van der Waals surface area contributed by atoms with Crippen molar-refractivity contribution in [2.45, 2.75) is 40.2 Å². The maximum Gasteiger partial charge on any atom is 0.333 e. The molecule has 0 saturated heterocycles. The summed E-state index contributed by atoms with van der Waals surface area (Å²) in [5.41, 5.74) is 2.05. The van der Waals surface area contributed by atoms with Gasteiger partial charge in [-0.05, 0) is 49.6 Å². The second-order valence-corrected chi connectivity index (χ2v) is 9.40. The number of benzene rings is 2. The predicted octanol–water partition coefficient (Wildman–Crippen LogP) is 6.32. The Bertz CT molecular complexity index is 1320. The second-order valence-electron chi connectivity index (χ2n) is 8.31. The van der Waals surface area contributed by atoms with Gasteiger partial charge in [0.1, 0.15) is 24.0 Å². The molecule has 2 heterocycles. The Morgan fingerprint density at radius 1 is 1.26 bits per heavy atom. The van der Waals surface area contributed by atoms with Crippen molar-refractivity contribution in [2.24, 2.45) is 0 Å². The third kappa shape index (κ3) is 4.95. The Hall–Kier alpha value is -3.59. The molecule has 3 aromatic rings. The molecule has 1 aliphatic heterocycles. The Morgan fingerprint density at radius 2 is 1.97 bits per heavy atom. The van der Waals surface area contributed by atoms with Gasteiger partial charge in [-0.15, -0.1) is 0 Å². The third-order valence-corrected chi connectivity index (χ3v) is 6.43. The molecule has 35 heavy (non-hydrogen) atoms. The van der Waals surface area contributed by atoms with Crippen LogP contribution in [-0.2, 0) is 16.1 Å². The van der Waals surface area contributed by atoms with Gasteiger partial charge in [-0.25, -0.2) is 18.6 Å². The lowest BCUT2D eigenvalue weighted by molar-refractivity contribution is -0.138. The number of hydrogen-bond acceptors (Lipinski definition) is 6.